The highest BCUT2D eigenvalue weighted by Gasteiger charge is 2.07. The Bertz CT molecular complexity index is 565. The first-order valence-electron chi connectivity index (χ1n) is 4.28. The van der Waals surface area contributed by atoms with Crippen molar-refractivity contribution < 1.29 is 4.39 Å². The van der Waals surface area contributed by atoms with Crippen molar-refractivity contribution in [2.45, 2.75) is 0 Å². The van der Waals surface area contributed by atoms with E-state index < -0.39 is 5.82 Å². The van der Waals surface area contributed by atoms with Crippen LogP contribution in [0, 0.1) is 39.8 Å². The van der Waals surface area contributed by atoms with Gasteiger partial charge in [0, 0.05) is 10.7 Å². The lowest BCUT2D eigenvalue weighted by Gasteiger charge is -2.05. The Kier molecular flexibility index (Phi) is 4.06. The molecule has 0 unspecified atom stereocenters. The van der Waals surface area contributed by atoms with Gasteiger partial charge in [0.25, 0.3) is 0 Å². The zero-order valence-electron chi connectivity index (χ0n) is 8.33. The van der Waals surface area contributed by atoms with E-state index in [-0.39, 0.29) is 22.0 Å². The second-order valence-electron chi connectivity index (χ2n) is 2.87. The molecule has 0 aliphatic carbocycles. The lowest BCUT2D eigenvalue weighted by atomic mass is 10.2. The molecule has 0 aromatic heterocycles. The minimum Gasteiger partial charge on any atom is -0.345 e. The summed E-state index contributed by atoms with van der Waals surface area (Å²) in [5, 5.41) is 28.5. The largest absolute Gasteiger partial charge is 0.345 e. The molecule has 0 aliphatic rings. The number of hydrogen-bond donors (Lipinski definition) is 1. The van der Waals surface area contributed by atoms with Crippen molar-refractivity contribution in [3.63, 3.8) is 0 Å². The molecule has 17 heavy (non-hydrogen) atoms. The van der Waals surface area contributed by atoms with Crippen LogP contribution < -0.4 is 5.32 Å². The summed E-state index contributed by atoms with van der Waals surface area (Å²) in [5.74, 6) is -0.590. The molecular weight excluding hydrogens is 243 g/mol. The Morgan fingerprint density at radius 1 is 1.12 bits per heavy atom. The fourth-order valence-electron chi connectivity index (χ4n) is 1.05. The molecule has 0 bridgehead atoms. The number of nitrogens with one attached hydrogen (secondary N) is 1. The molecule has 1 N–H and O–H groups in total. The van der Waals surface area contributed by atoms with Gasteiger partial charge >= 0.3 is 0 Å². The van der Waals surface area contributed by atoms with Crippen molar-refractivity contribution in [1.82, 2.24) is 0 Å². The van der Waals surface area contributed by atoms with Crippen molar-refractivity contribution in [2.75, 3.05) is 5.32 Å². The molecule has 1 aromatic carbocycles. The lowest BCUT2D eigenvalue weighted by molar-refractivity contribution is 0.628. The summed E-state index contributed by atoms with van der Waals surface area (Å²) < 4.78 is 13.0. The first kappa shape index (κ1) is 12.5. The third kappa shape index (κ3) is 3.21. The van der Waals surface area contributed by atoms with Crippen LogP contribution in [0.5, 0.6) is 0 Å². The topological polar surface area (TPSA) is 83.4 Å². The average Bonchev–Trinajstić information content (AvgIpc) is 2.27. The van der Waals surface area contributed by atoms with Gasteiger partial charge in [-0.1, -0.05) is 11.6 Å². The molecule has 4 nitrogen and oxygen atoms in total. The van der Waals surface area contributed by atoms with Gasteiger partial charge in [-0.05, 0) is 18.2 Å². The molecular formula is C11H4ClFN4. The number of anilines is 1. The van der Waals surface area contributed by atoms with Gasteiger partial charge in [0.05, 0.1) is 0 Å². The number of halogens is 2. The van der Waals surface area contributed by atoms with Crippen molar-refractivity contribution in [1.29, 1.82) is 15.8 Å². The number of benzene rings is 1. The molecule has 0 spiro atoms. The van der Waals surface area contributed by atoms with Crippen LogP contribution in [0.4, 0.5) is 10.1 Å². The molecule has 0 saturated carbocycles. The maximum atomic E-state index is 13.0. The van der Waals surface area contributed by atoms with Gasteiger partial charge in [-0.15, -0.1) is 0 Å². The Balaban J connectivity index is 3.15. The van der Waals surface area contributed by atoms with Crippen molar-refractivity contribution in [3.05, 3.63) is 40.3 Å². The highest BCUT2D eigenvalue weighted by atomic mass is 35.5. The van der Waals surface area contributed by atoms with Crippen LogP contribution in [0.2, 0.25) is 5.02 Å². The number of allylic oxidation sites excluding steroid dienone is 2. The second-order valence-corrected chi connectivity index (χ2v) is 3.30. The Hall–Kier alpha value is -2.55. The fraction of sp³-hybridized carbons (Fsp3) is 0. The molecule has 0 amide bonds. The molecule has 0 fully saturated rings. The van der Waals surface area contributed by atoms with Crippen LogP contribution in [0.15, 0.2) is 29.5 Å². The summed E-state index contributed by atoms with van der Waals surface area (Å²) in [4.78, 5) is 0. The van der Waals surface area contributed by atoms with Gasteiger partial charge < -0.3 is 5.32 Å². The van der Waals surface area contributed by atoms with Crippen molar-refractivity contribution in [2.24, 2.45) is 0 Å². The molecule has 0 radical (unpaired) electrons. The van der Waals surface area contributed by atoms with Crippen LogP contribution in [-0.2, 0) is 0 Å². The van der Waals surface area contributed by atoms with E-state index in [0.29, 0.717) is 0 Å². The normalized spacial score (nSPS) is 8.41. The predicted octanol–water partition coefficient (Wildman–Crippen LogP) is 2.72. The van der Waals surface area contributed by atoms with Gasteiger partial charge in [0.15, 0.2) is 5.57 Å². The quantitative estimate of drug-likeness (QED) is 0.813. The van der Waals surface area contributed by atoms with Crippen LogP contribution >= 0.6 is 11.6 Å². The van der Waals surface area contributed by atoms with E-state index in [0.717, 1.165) is 12.1 Å². The zero-order valence-corrected chi connectivity index (χ0v) is 9.09. The average molecular weight is 247 g/mol. The van der Waals surface area contributed by atoms with Crippen LogP contribution in [0.25, 0.3) is 0 Å². The molecule has 0 aliphatic heterocycles. The van der Waals surface area contributed by atoms with E-state index >= 15 is 0 Å². The van der Waals surface area contributed by atoms with Gasteiger partial charge in [0.1, 0.15) is 29.7 Å². The van der Waals surface area contributed by atoms with Crippen molar-refractivity contribution >= 4 is 17.3 Å². The van der Waals surface area contributed by atoms with Crippen LogP contribution in [-0.4, -0.2) is 0 Å². The third-order valence-corrected chi connectivity index (χ3v) is 1.94. The number of hydrogen-bond acceptors (Lipinski definition) is 4. The molecule has 0 atom stereocenters. The summed E-state index contributed by atoms with van der Waals surface area (Å²) in [6.07, 6.45) is 0. The monoisotopic (exact) mass is 246 g/mol. The third-order valence-electron chi connectivity index (χ3n) is 1.72. The predicted molar refractivity (Wildman–Crippen MR) is 58.9 cm³/mol. The molecule has 1 aromatic rings. The summed E-state index contributed by atoms with van der Waals surface area (Å²) in [5.41, 5.74) is -0.445. The van der Waals surface area contributed by atoms with Gasteiger partial charge in [0.2, 0.25) is 0 Å². The number of nitriles is 3. The SMILES string of the molecule is N#CC(C#N)=C(C#N)Nc1cc(F)cc(Cl)c1. The van der Waals surface area contributed by atoms with Crippen LogP contribution in [0.1, 0.15) is 0 Å². The Morgan fingerprint density at radius 3 is 2.24 bits per heavy atom. The standard InChI is InChI=1S/C11H4ClFN4/c12-8-1-9(13)3-10(2-8)17-11(6-16)7(4-14)5-15/h1-3,17H. The van der Waals surface area contributed by atoms with Gasteiger partial charge in [-0.25, -0.2) is 4.39 Å². The summed E-state index contributed by atoms with van der Waals surface area (Å²) in [6.45, 7) is 0. The van der Waals surface area contributed by atoms with E-state index in [4.69, 9.17) is 27.4 Å². The maximum Gasteiger partial charge on any atom is 0.163 e. The van der Waals surface area contributed by atoms with Crippen LogP contribution in [0.3, 0.4) is 0 Å². The molecule has 82 valence electrons. The Morgan fingerprint density at radius 2 is 1.76 bits per heavy atom. The number of nitrogens with zero attached hydrogens (tertiary/aromatic N) is 3. The lowest BCUT2D eigenvalue weighted by Crippen LogP contribution is -2.00. The minimum absolute atomic E-state index is 0.139. The Labute approximate surface area is 102 Å². The van der Waals surface area contributed by atoms with E-state index in [1.54, 1.807) is 18.2 Å². The summed E-state index contributed by atoms with van der Waals surface area (Å²) in [7, 11) is 0. The highest BCUT2D eigenvalue weighted by molar-refractivity contribution is 6.30. The molecule has 1 rings (SSSR count). The zero-order chi connectivity index (χ0) is 12.8. The summed E-state index contributed by atoms with van der Waals surface area (Å²) >= 11 is 5.62. The van der Waals surface area contributed by atoms with Gasteiger partial charge in [-0.2, -0.15) is 15.8 Å². The second kappa shape index (κ2) is 5.51. The van der Waals surface area contributed by atoms with E-state index in [9.17, 15) is 4.39 Å². The molecule has 0 saturated heterocycles. The van der Waals surface area contributed by atoms with Crippen molar-refractivity contribution in [3.8, 4) is 18.2 Å². The molecule has 0 heterocycles. The smallest absolute Gasteiger partial charge is 0.163 e. The molecule has 6 heteroatoms. The number of rotatable bonds is 2. The van der Waals surface area contributed by atoms with E-state index in [1.165, 1.54) is 6.07 Å². The minimum atomic E-state index is -0.590. The van der Waals surface area contributed by atoms with Gasteiger partial charge in [-0.3, -0.25) is 0 Å². The fourth-order valence-corrected chi connectivity index (χ4v) is 1.28. The first-order valence-corrected chi connectivity index (χ1v) is 4.66. The van der Waals surface area contributed by atoms with E-state index in [1.807, 2.05) is 0 Å². The highest BCUT2D eigenvalue weighted by Crippen LogP contribution is 2.20. The summed E-state index contributed by atoms with van der Waals surface area (Å²) in [6, 6.07) is 8.32. The van der Waals surface area contributed by atoms with E-state index in [2.05, 4.69) is 5.32 Å². The first-order chi connectivity index (χ1) is 8.10. The maximum absolute atomic E-state index is 13.0.